The van der Waals surface area contributed by atoms with E-state index < -0.39 is 17.8 Å². The molecule has 7 heteroatoms. The van der Waals surface area contributed by atoms with E-state index >= 15 is 0 Å². The number of carbonyl (C=O) groups is 1. The molecule has 1 unspecified atom stereocenters. The zero-order valence-electron chi connectivity index (χ0n) is 13.3. The van der Waals surface area contributed by atoms with Gasteiger partial charge < -0.3 is 15.0 Å². The van der Waals surface area contributed by atoms with E-state index in [-0.39, 0.29) is 24.1 Å². The number of amides is 1. The minimum Gasteiger partial charge on any atom is -0.387 e. The summed E-state index contributed by atoms with van der Waals surface area (Å²) < 4.78 is 39.9. The standard InChI is InChI=1S/C17H19F3N2O2/c1-11(2)22-8-4-7-14(22)16(24)21-10-15(23)12-5-3-6-13(9-12)17(18,19)20/h3-9,11,15,23H,10H2,1-2H3,(H,21,24). The van der Waals surface area contributed by atoms with Crippen molar-refractivity contribution in [1.29, 1.82) is 0 Å². The average Bonchev–Trinajstić information content (AvgIpc) is 3.01. The summed E-state index contributed by atoms with van der Waals surface area (Å²) in [5, 5.41) is 12.6. The molecule has 130 valence electrons. The van der Waals surface area contributed by atoms with E-state index in [9.17, 15) is 23.1 Å². The summed E-state index contributed by atoms with van der Waals surface area (Å²) in [5.74, 6) is -0.389. The van der Waals surface area contributed by atoms with Crippen LogP contribution in [-0.4, -0.2) is 22.1 Å². The third kappa shape index (κ3) is 4.17. The van der Waals surface area contributed by atoms with Gasteiger partial charge in [-0.3, -0.25) is 4.79 Å². The highest BCUT2D eigenvalue weighted by atomic mass is 19.4. The van der Waals surface area contributed by atoms with Gasteiger partial charge in [-0.25, -0.2) is 0 Å². The van der Waals surface area contributed by atoms with E-state index in [2.05, 4.69) is 5.32 Å². The summed E-state index contributed by atoms with van der Waals surface area (Å²) in [4.78, 5) is 12.2. The number of aliphatic hydroxyl groups is 1. The summed E-state index contributed by atoms with van der Waals surface area (Å²) >= 11 is 0. The molecule has 0 saturated heterocycles. The Hall–Kier alpha value is -2.28. The maximum absolute atomic E-state index is 12.7. The maximum atomic E-state index is 12.7. The molecule has 0 bridgehead atoms. The Labute approximate surface area is 137 Å². The minimum absolute atomic E-state index is 0.0918. The fourth-order valence-electron chi connectivity index (χ4n) is 2.36. The Bertz CT molecular complexity index is 708. The second-order valence-corrected chi connectivity index (χ2v) is 5.74. The predicted molar refractivity (Wildman–Crippen MR) is 83.6 cm³/mol. The normalized spacial score (nSPS) is 13.1. The second kappa shape index (κ2) is 7.09. The summed E-state index contributed by atoms with van der Waals surface area (Å²) in [6, 6.07) is 7.91. The van der Waals surface area contributed by atoms with Crippen molar-refractivity contribution in [3.8, 4) is 0 Å². The van der Waals surface area contributed by atoms with Crippen LogP contribution in [0.3, 0.4) is 0 Å². The number of rotatable bonds is 5. The number of nitrogens with zero attached hydrogens (tertiary/aromatic N) is 1. The largest absolute Gasteiger partial charge is 0.416 e. The van der Waals surface area contributed by atoms with Gasteiger partial charge in [-0.1, -0.05) is 12.1 Å². The highest BCUT2D eigenvalue weighted by Gasteiger charge is 2.30. The van der Waals surface area contributed by atoms with Crippen LogP contribution in [0.2, 0.25) is 0 Å². The number of aromatic nitrogens is 1. The summed E-state index contributed by atoms with van der Waals surface area (Å²) in [6.45, 7) is 3.67. The van der Waals surface area contributed by atoms with Gasteiger partial charge in [0.2, 0.25) is 0 Å². The van der Waals surface area contributed by atoms with Crippen molar-refractivity contribution < 1.29 is 23.1 Å². The molecule has 4 nitrogen and oxygen atoms in total. The number of aliphatic hydroxyl groups excluding tert-OH is 1. The first-order valence-electron chi connectivity index (χ1n) is 7.50. The lowest BCUT2D eigenvalue weighted by Gasteiger charge is -2.16. The monoisotopic (exact) mass is 340 g/mol. The van der Waals surface area contributed by atoms with Gasteiger partial charge in [0.25, 0.3) is 5.91 Å². The van der Waals surface area contributed by atoms with Gasteiger partial charge in [-0.15, -0.1) is 0 Å². The molecule has 1 heterocycles. The number of alkyl halides is 3. The molecule has 0 aliphatic heterocycles. The topological polar surface area (TPSA) is 54.3 Å². The molecule has 0 fully saturated rings. The lowest BCUT2D eigenvalue weighted by atomic mass is 10.1. The van der Waals surface area contributed by atoms with Crippen molar-refractivity contribution >= 4 is 5.91 Å². The fraction of sp³-hybridized carbons (Fsp3) is 0.353. The van der Waals surface area contributed by atoms with Gasteiger partial charge >= 0.3 is 6.18 Å². The van der Waals surface area contributed by atoms with E-state index in [4.69, 9.17) is 0 Å². The van der Waals surface area contributed by atoms with E-state index in [1.165, 1.54) is 12.1 Å². The van der Waals surface area contributed by atoms with Gasteiger partial charge in [-0.2, -0.15) is 13.2 Å². The molecule has 1 atom stereocenters. The first kappa shape index (κ1) is 18.1. The molecule has 1 amide bonds. The van der Waals surface area contributed by atoms with Crippen LogP contribution in [-0.2, 0) is 6.18 Å². The summed E-state index contributed by atoms with van der Waals surface area (Å²) in [7, 11) is 0. The Kier molecular flexibility index (Phi) is 5.33. The van der Waals surface area contributed by atoms with Gasteiger partial charge in [0, 0.05) is 18.8 Å². The Balaban J connectivity index is 2.04. The molecule has 0 radical (unpaired) electrons. The third-order valence-corrected chi connectivity index (χ3v) is 3.62. The van der Waals surface area contributed by atoms with Gasteiger partial charge in [0.1, 0.15) is 5.69 Å². The van der Waals surface area contributed by atoms with Crippen molar-refractivity contribution in [2.75, 3.05) is 6.54 Å². The smallest absolute Gasteiger partial charge is 0.387 e. The number of halogens is 3. The van der Waals surface area contributed by atoms with Crippen molar-refractivity contribution in [2.24, 2.45) is 0 Å². The lowest BCUT2D eigenvalue weighted by Crippen LogP contribution is -2.30. The maximum Gasteiger partial charge on any atom is 0.416 e. The Morgan fingerprint density at radius 2 is 1.96 bits per heavy atom. The number of nitrogens with one attached hydrogen (secondary N) is 1. The van der Waals surface area contributed by atoms with Crippen molar-refractivity contribution in [3.63, 3.8) is 0 Å². The van der Waals surface area contributed by atoms with Crippen molar-refractivity contribution in [1.82, 2.24) is 9.88 Å². The van der Waals surface area contributed by atoms with E-state index in [0.29, 0.717) is 5.69 Å². The van der Waals surface area contributed by atoms with Crippen LogP contribution in [0, 0.1) is 0 Å². The predicted octanol–water partition coefficient (Wildman–Crippen LogP) is 3.55. The van der Waals surface area contributed by atoms with E-state index in [1.54, 1.807) is 22.9 Å². The number of benzene rings is 1. The zero-order valence-corrected chi connectivity index (χ0v) is 13.3. The molecule has 2 aromatic rings. The van der Waals surface area contributed by atoms with Crippen molar-refractivity contribution in [3.05, 3.63) is 59.4 Å². The molecule has 0 saturated carbocycles. The zero-order chi connectivity index (χ0) is 17.9. The van der Waals surface area contributed by atoms with Crippen molar-refractivity contribution in [2.45, 2.75) is 32.2 Å². The number of hydrogen-bond acceptors (Lipinski definition) is 2. The molecular formula is C17H19F3N2O2. The molecule has 0 aliphatic carbocycles. The quantitative estimate of drug-likeness (QED) is 0.875. The minimum atomic E-state index is -4.48. The van der Waals surface area contributed by atoms with E-state index in [0.717, 1.165) is 12.1 Å². The van der Waals surface area contributed by atoms with Crippen LogP contribution >= 0.6 is 0 Å². The molecule has 0 aliphatic rings. The van der Waals surface area contributed by atoms with Gasteiger partial charge in [-0.05, 0) is 43.7 Å². The Morgan fingerprint density at radius 3 is 2.58 bits per heavy atom. The van der Waals surface area contributed by atoms with Crippen LogP contribution in [0.1, 0.15) is 47.6 Å². The summed E-state index contributed by atoms with van der Waals surface area (Å²) in [6.07, 6.45) is -3.93. The van der Waals surface area contributed by atoms with Crippen LogP contribution < -0.4 is 5.32 Å². The first-order valence-corrected chi connectivity index (χ1v) is 7.50. The van der Waals surface area contributed by atoms with Gasteiger partial charge in [0.05, 0.1) is 11.7 Å². The van der Waals surface area contributed by atoms with Crippen LogP contribution in [0.25, 0.3) is 0 Å². The SMILES string of the molecule is CC(C)n1cccc1C(=O)NCC(O)c1cccc(C(F)(F)F)c1. The lowest BCUT2D eigenvalue weighted by molar-refractivity contribution is -0.137. The van der Waals surface area contributed by atoms with Crippen LogP contribution in [0.15, 0.2) is 42.6 Å². The first-order chi connectivity index (χ1) is 11.2. The molecular weight excluding hydrogens is 321 g/mol. The Morgan fingerprint density at radius 1 is 1.25 bits per heavy atom. The van der Waals surface area contributed by atoms with Crippen LogP contribution in [0.4, 0.5) is 13.2 Å². The molecule has 2 rings (SSSR count). The fourth-order valence-corrected chi connectivity index (χ4v) is 2.36. The average molecular weight is 340 g/mol. The molecule has 1 aromatic heterocycles. The highest BCUT2D eigenvalue weighted by Crippen LogP contribution is 2.30. The second-order valence-electron chi connectivity index (χ2n) is 5.74. The van der Waals surface area contributed by atoms with Gasteiger partial charge in [0.15, 0.2) is 0 Å². The molecule has 2 N–H and O–H groups in total. The number of carbonyl (C=O) groups excluding carboxylic acids is 1. The summed E-state index contributed by atoms with van der Waals surface area (Å²) in [5.41, 5.74) is -0.301. The number of hydrogen-bond donors (Lipinski definition) is 2. The van der Waals surface area contributed by atoms with Crippen LogP contribution in [0.5, 0.6) is 0 Å². The third-order valence-electron chi connectivity index (χ3n) is 3.62. The van der Waals surface area contributed by atoms with E-state index in [1.807, 2.05) is 13.8 Å². The highest BCUT2D eigenvalue weighted by molar-refractivity contribution is 5.92. The molecule has 0 spiro atoms. The molecule has 1 aromatic carbocycles. The molecule has 24 heavy (non-hydrogen) atoms.